The number of hydrogen-bond donors (Lipinski definition) is 1. The largest absolute Gasteiger partial charge is 0.316 e. The van der Waals surface area contributed by atoms with Gasteiger partial charge in [-0.05, 0) is 44.0 Å². The van der Waals surface area contributed by atoms with Crippen molar-refractivity contribution in [1.82, 2.24) is 20.1 Å². The van der Waals surface area contributed by atoms with E-state index >= 15 is 0 Å². The Bertz CT molecular complexity index is 601. The second-order valence-corrected chi connectivity index (χ2v) is 4.79. The molecule has 3 rings (SSSR count). The number of aromatic nitrogens is 3. The second kappa shape index (κ2) is 4.86. The van der Waals surface area contributed by atoms with E-state index < -0.39 is 0 Å². The van der Waals surface area contributed by atoms with Gasteiger partial charge in [0.15, 0.2) is 0 Å². The van der Waals surface area contributed by atoms with Gasteiger partial charge in [0.2, 0.25) is 0 Å². The lowest BCUT2D eigenvalue weighted by atomic mass is 10.00. The third-order valence-electron chi connectivity index (χ3n) is 3.44. The lowest BCUT2D eigenvalue weighted by molar-refractivity contribution is 0.320. The minimum Gasteiger partial charge on any atom is -0.316 e. The van der Waals surface area contributed by atoms with Crippen molar-refractivity contribution in [3.63, 3.8) is 0 Å². The Morgan fingerprint density at radius 3 is 3.28 bits per heavy atom. The fraction of sp³-hybridized carbons (Fsp3) is 0.462. The summed E-state index contributed by atoms with van der Waals surface area (Å²) in [7, 11) is 0. The zero-order valence-electron chi connectivity index (χ0n) is 10.2. The van der Waals surface area contributed by atoms with Gasteiger partial charge in [-0.2, -0.15) is 5.10 Å². The molecule has 0 radical (unpaired) electrons. The molecule has 2 aromatic rings. The topological polar surface area (TPSA) is 59.8 Å². The normalized spacial score (nSPS) is 20.1. The molecule has 1 fully saturated rings. The minimum atomic E-state index is -0.0846. The zero-order valence-corrected chi connectivity index (χ0v) is 10.2. The summed E-state index contributed by atoms with van der Waals surface area (Å²) in [5.41, 5.74) is 0.426. The molecule has 1 unspecified atom stereocenters. The number of nitrogens with one attached hydrogen (secondary N) is 1. The van der Waals surface area contributed by atoms with Crippen LogP contribution in [0.3, 0.4) is 0 Å². The minimum absolute atomic E-state index is 0.0846. The molecule has 5 heteroatoms. The second-order valence-electron chi connectivity index (χ2n) is 4.79. The molecular formula is C13H16N4O. The number of piperidine rings is 1. The Morgan fingerprint density at radius 1 is 1.50 bits per heavy atom. The van der Waals surface area contributed by atoms with Gasteiger partial charge in [-0.3, -0.25) is 9.78 Å². The Morgan fingerprint density at radius 2 is 2.44 bits per heavy atom. The summed E-state index contributed by atoms with van der Waals surface area (Å²) in [4.78, 5) is 16.4. The van der Waals surface area contributed by atoms with Crippen molar-refractivity contribution >= 4 is 10.9 Å². The summed E-state index contributed by atoms with van der Waals surface area (Å²) in [6.07, 6.45) is 5.70. The Balaban J connectivity index is 1.92. The summed E-state index contributed by atoms with van der Waals surface area (Å²) in [6.45, 7) is 2.73. The molecule has 2 aromatic heterocycles. The van der Waals surface area contributed by atoms with Gasteiger partial charge in [0.25, 0.3) is 5.56 Å². The van der Waals surface area contributed by atoms with E-state index in [2.05, 4.69) is 15.4 Å². The first-order valence-corrected chi connectivity index (χ1v) is 6.36. The maximum atomic E-state index is 12.2. The van der Waals surface area contributed by atoms with Gasteiger partial charge in [-0.1, -0.05) is 0 Å². The fourth-order valence-corrected chi connectivity index (χ4v) is 2.46. The lowest BCUT2D eigenvalue weighted by Gasteiger charge is -2.22. The number of fused-ring (bicyclic) bond motifs is 1. The Hall–Kier alpha value is -1.75. The van der Waals surface area contributed by atoms with E-state index in [1.807, 2.05) is 12.1 Å². The Kier molecular flexibility index (Phi) is 3.06. The molecule has 1 aliphatic heterocycles. The smallest absolute Gasteiger partial charge is 0.293 e. The molecular weight excluding hydrogens is 228 g/mol. The highest BCUT2D eigenvalue weighted by Gasteiger charge is 2.15. The number of rotatable bonds is 2. The van der Waals surface area contributed by atoms with Gasteiger partial charge < -0.3 is 5.32 Å². The molecule has 0 saturated carbocycles. The van der Waals surface area contributed by atoms with Crippen molar-refractivity contribution in [2.24, 2.45) is 5.92 Å². The van der Waals surface area contributed by atoms with Gasteiger partial charge in [-0.15, -0.1) is 0 Å². The van der Waals surface area contributed by atoms with E-state index in [0.717, 1.165) is 24.9 Å². The molecule has 1 saturated heterocycles. The molecule has 0 amide bonds. The molecule has 5 nitrogen and oxygen atoms in total. The maximum absolute atomic E-state index is 12.2. The predicted octanol–water partition coefficient (Wildman–Crippen LogP) is 0.791. The van der Waals surface area contributed by atoms with Crippen LogP contribution in [0.25, 0.3) is 10.9 Å². The highest BCUT2D eigenvalue weighted by atomic mass is 16.1. The van der Waals surface area contributed by atoms with Gasteiger partial charge in [0, 0.05) is 18.1 Å². The number of pyridine rings is 1. The van der Waals surface area contributed by atoms with Crippen molar-refractivity contribution in [2.75, 3.05) is 13.1 Å². The summed E-state index contributed by atoms with van der Waals surface area (Å²) in [6, 6.07) is 3.68. The van der Waals surface area contributed by atoms with Crippen LogP contribution in [0, 0.1) is 5.92 Å². The van der Waals surface area contributed by atoms with Crippen LogP contribution < -0.4 is 10.9 Å². The molecule has 1 aliphatic rings. The van der Waals surface area contributed by atoms with Crippen LogP contribution in [-0.2, 0) is 6.54 Å². The third kappa shape index (κ3) is 2.13. The first kappa shape index (κ1) is 11.3. The van der Waals surface area contributed by atoms with Crippen LogP contribution in [0.1, 0.15) is 12.8 Å². The van der Waals surface area contributed by atoms with Crippen molar-refractivity contribution in [1.29, 1.82) is 0 Å². The molecule has 0 aliphatic carbocycles. The summed E-state index contributed by atoms with van der Waals surface area (Å²) >= 11 is 0. The summed E-state index contributed by atoms with van der Waals surface area (Å²) in [5.74, 6) is 0.491. The monoisotopic (exact) mass is 244 g/mol. The molecule has 94 valence electrons. The maximum Gasteiger partial charge on any atom is 0.293 e. The molecule has 18 heavy (non-hydrogen) atoms. The standard InChI is InChI=1S/C13H16N4O/c18-13-12-11(4-2-6-15-12)8-16-17(13)9-10-3-1-5-14-7-10/h2,4,6,8,10,14H,1,3,5,7,9H2. The van der Waals surface area contributed by atoms with Crippen LogP contribution in [0.2, 0.25) is 0 Å². The first-order valence-electron chi connectivity index (χ1n) is 6.36. The van der Waals surface area contributed by atoms with E-state index in [0.29, 0.717) is 18.0 Å². The van der Waals surface area contributed by atoms with E-state index in [9.17, 15) is 4.79 Å². The molecule has 0 bridgehead atoms. The van der Waals surface area contributed by atoms with Gasteiger partial charge in [-0.25, -0.2) is 4.68 Å². The zero-order chi connectivity index (χ0) is 12.4. The van der Waals surface area contributed by atoms with Crippen LogP contribution in [-0.4, -0.2) is 27.9 Å². The Labute approximate surface area is 105 Å². The SMILES string of the molecule is O=c1c2ncccc2cnn1CC1CCCNC1. The van der Waals surface area contributed by atoms with E-state index in [-0.39, 0.29) is 5.56 Å². The van der Waals surface area contributed by atoms with Crippen LogP contribution in [0.4, 0.5) is 0 Å². The van der Waals surface area contributed by atoms with Crippen LogP contribution in [0.5, 0.6) is 0 Å². The molecule has 0 aromatic carbocycles. The number of nitrogens with zero attached hydrogens (tertiary/aromatic N) is 3. The summed E-state index contributed by atoms with van der Waals surface area (Å²) < 4.78 is 1.55. The average Bonchev–Trinajstić information content (AvgIpc) is 2.43. The van der Waals surface area contributed by atoms with Crippen LogP contribution >= 0.6 is 0 Å². The number of hydrogen-bond acceptors (Lipinski definition) is 4. The van der Waals surface area contributed by atoms with Crippen molar-refractivity contribution in [2.45, 2.75) is 19.4 Å². The van der Waals surface area contributed by atoms with Gasteiger partial charge in [0.05, 0.1) is 6.20 Å². The van der Waals surface area contributed by atoms with Crippen molar-refractivity contribution in [3.05, 3.63) is 34.9 Å². The van der Waals surface area contributed by atoms with Crippen molar-refractivity contribution < 1.29 is 0 Å². The van der Waals surface area contributed by atoms with Crippen molar-refractivity contribution in [3.8, 4) is 0 Å². The molecule has 1 N–H and O–H groups in total. The molecule has 1 atom stereocenters. The molecule has 0 spiro atoms. The summed E-state index contributed by atoms with van der Waals surface area (Å²) in [5, 5.41) is 8.40. The quantitative estimate of drug-likeness (QED) is 0.848. The average molecular weight is 244 g/mol. The van der Waals surface area contributed by atoms with Crippen LogP contribution in [0.15, 0.2) is 29.3 Å². The van der Waals surface area contributed by atoms with E-state index in [4.69, 9.17) is 0 Å². The third-order valence-corrected chi connectivity index (χ3v) is 3.44. The highest BCUT2D eigenvalue weighted by molar-refractivity contribution is 5.75. The van der Waals surface area contributed by atoms with Gasteiger partial charge in [0.1, 0.15) is 5.52 Å². The molecule has 3 heterocycles. The lowest BCUT2D eigenvalue weighted by Crippen LogP contribution is -2.35. The fourth-order valence-electron chi connectivity index (χ4n) is 2.46. The van der Waals surface area contributed by atoms with E-state index in [1.165, 1.54) is 6.42 Å². The van der Waals surface area contributed by atoms with Gasteiger partial charge >= 0.3 is 0 Å². The highest BCUT2D eigenvalue weighted by Crippen LogP contribution is 2.11. The predicted molar refractivity (Wildman–Crippen MR) is 69.4 cm³/mol. The van der Waals surface area contributed by atoms with E-state index in [1.54, 1.807) is 17.1 Å². The first-order chi connectivity index (χ1) is 8.84.